The number of aromatic nitrogens is 1. The Labute approximate surface area is 95.5 Å². The van der Waals surface area contributed by atoms with Gasteiger partial charge in [-0.05, 0) is 12.1 Å². The summed E-state index contributed by atoms with van der Waals surface area (Å²) in [6, 6.07) is 7.06. The second-order valence-corrected chi connectivity index (χ2v) is 3.57. The number of hydrogen-bond donors (Lipinski definition) is 1. The third-order valence-electron chi connectivity index (χ3n) is 2.08. The zero-order chi connectivity index (χ0) is 10.7. The summed E-state index contributed by atoms with van der Waals surface area (Å²) in [7, 11) is 0. The largest absolute Gasteiger partial charge is 0.360 e. The molecular formula is C12H8BrNO. The molecule has 0 amide bonds. The summed E-state index contributed by atoms with van der Waals surface area (Å²) in [4.78, 5) is 14.6. The van der Waals surface area contributed by atoms with E-state index in [-0.39, 0.29) is 5.43 Å². The maximum absolute atomic E-state index is 11.5. The van der Waals surface area contributed by atoms with Gasteiger partial charge < -0.3 is 4.98 Å². The highest BCUT2D eigenvalue weighted by molar-refractivity contribution is 9.09. The van der Waals surface area contributed by atoms with Gasteiger partial charge in [-0.15, -0.1) is 0 Å². The van der Waals surface area contributed by atoms with Gasteiger partial charge in [0.25, 0.3) is 0 Å². The fourth-order valence-electron chi connectivity index (χ4n) is 1.44. The lowest BCUT2D eigenvalue weighted by Crippen LogP contribution is -2.00. The van der Waals surface area contributed by atoms with E-state index >= 15 is 0 Å². The first-order valence-electron chi connectivity index (χ1n) is 4.48. The van der Waals surface area contributed by atoms with Crippen LogP contribution in [0.3, 0.4) is 0 Å². The summed E-state index contributed by atoms with van der Waals surface area (Å²) >= 11 is 3.24. The summed E-state index contributed by atoms with van der Waals surface area (Å²) in [6.45, 7) is 0. The van der Waals surface area contributed by atoms with Crippen LogP contribution in [0.25, 0.3) is 10.9 Å². The van der Waals surface area contributed by atoms with Crippen LogP contribution in [0.5, 0.6) is 0 Å². The van der Waals surface area contributed by atoms with Gasteiger partial charge in [0.1, 0.15) is 0 Å². The number of aromatic amines is 1. The molecule has 2 rings (SSSR count). The van der Waals surface area contributed by atoms with Gasteiger partial charge in [0, 0.05) is 23.2 Å². The van der Waals surface area contributed by atoms with Crippen molar-refractivity contribution in [3.8, 4) is 11.8 Å². The average Bonchev–Trinajstić information content (AvgIpc) is 2.27. The van der Waals surface area contributed by atoms with Crippen molar-refractivity contribution in [2.75, 3.05) is 5.33 Å². The Bertz CT molecular complexity index is 604. The van der Waals surface area contributed by atoms with E-state index in [2.05, 4.69) is 32.8 Å². The van der Waals surface area contributed by atoms with Crippen LogP contribution in [0.2, 0.25) is 0 Å². The number of fused-ring (bicyclic) bond motifs is 1. The number of para-hydroxylation sites is 1. The van der Waals surface area contributed by atoms with Gasteiger partial charge in [0.2, 0.25) is 0 Å². The van der Waals surface area contributed by atoms with E-state index in [9.17, 15) is 4.79 Å². The van der Waals surface area contributed by atoms with Gasteiger partial charge in [0.05, 0.1) is 10.8 Å². The van der Waals surface area contributed by atoms with Crippen molar-refractivity contribution in [2.45, 2.75) is 0 Å². The van der Waals surface area contributed by atoms with Crippen LogP contribution in [-0.4, -0.2) is 10.3 Å². The molecule has 1 heterocycles. The Kier molecular flexibility index (Phi) is 2.89. The summed E-state index contributed by atoms with van der Waals surface area (Å²) in [5, 5.41) is 1.30. The molecule has 1 aromatic heterocycles. The fraction of sp³-hybridized carbons (Fsp3) is 0.0833. The first-order valence-corrected chi connectivity index (χ1v) is 5.60. The summed E-state index contributed by atoms with van der Waals surface area (Å²) in [6.07, 6.45) is 1.64. The molecule has 1 N–H and O–H groups in total. The number of hydrogen-bond acceptors (Lipinski definition) is 1. The molecule has 0 radical (unpaired) electrons. The second kappa shape index (κ2) is 4.33. The molecule has 0 aliphatic heterocycles. The number of halogens is 1. The normalized spacial score (nSPS) is 9.67. The predicted octanol–water partition coefficient (Wildman–Crippen LogP) is 2.27. The van der Waals surface area contributed by atoms with Crippen LogP contribution in [0.15, 0.2) is 35.3 Å². The number of rotatable bonds is 0. The molecule has 0 fully saturated rings. The Morgan fingerprint density at radius 2 is 2.20 bits per heavy atom. The zero-order valence-electron chi connectivity index (χ0n) is 7.88. The van der Waals surface area contributed by atoms with E-state index in [1.54, 1.807) is 12.3 Å². The molecule has 0 bridgehead atoms. The van der Waals surface area contributed by atoms with Crippen LogP contribution < -0.4 is 5.43 Å². The fourth-order valence-corrected chi connectivity index (χ4v) is 1.58. The number of alkyl halides is 1. The maximum atomic E-state index is 11.5. The molecule has 0 spiro atoms. The Hall–Kier alpha value is -1.53. The molecule has 0 saturated carbocycles. The Morgan fingerprint density at radius 1 is 1.33 bits per heavy atom. The lowest BCUT2D eigenvalue weighted by molar-refractivity contribution is 1.38. The zero-order valence-corrected chi connectivity index (χ0v) is 9.47. The van der Waals surface area contributed by atoms with Crippen LogP contribution in [0.1, 0.15) is 5.56 Å². The minimum Gasteiger partial charge on any atom is -0.360 e. The van der Waals surface area contributed by atoms with Gasteiger partial charge in [-0.1, -0.05) is 33.8 Å². The van der Waals surface area contributed by atoms with E-state index in [1.165, 1.54) is 6.07 Å². The molecule has 0 unspecified atom stereocenters. The van der Waals surface area contributed by atoms with E-state index in [0.29, 0.717) is 10.7 Å². The summed E-state index contributed by atoms with van der Waals surface area (Å²) in [5.74, 6) is 5.92. The quantitative estimate of drug-likeness (QED) is 0.573. The SMILES string of the molecule is O=c1cc[nH]c2c(C#CCBr)cccc12. The van der Waals surface area contributed by atoms with Crippen molar-refractivity contribution in [1.82, 2.24) is 4.98 Å². The van der Waals surface area contributed by atoms with Gasteiger partial charge in [-0.25, -0.2) is 0 Å². The molecule has 1 aromatic carbocycles. The van der Waals surface area contributed by atoms with Crippen molar-refractivity contribution in [2.24, 2.45) is 0 Å². The Morgan fingerprint density at radius 3 is 3.00 bits per heavy atom. The molecule has 2 aromatic rings. The third kappa shape index (κ3) is 1.95. The van der Waals surface area contributed by atoms with Crippen LogP contribution in [0, 0.1) is 11.8 Å². The van der Waals surface area contributed by atoms with Gasteiger partial charge in [0.15, 0.2) is 5.43 Å². The smallest absolute Gasteiger partial charge is 0.189 e. The van der Waals surface area contributed by atoms with Crippen LogP contribution in [-0.2, 0) is 0 Å². The van der Waals surface area contributed by atoms with Crippen LogP contribution in [0.4, 0.5) is 0 Å². The highest BCUT2D eigenvalue weighted by Crippen LogP contribution is 2.11. The van der Waals surface area contributed by atoms with E-state index in [4.69, 9.17) is 0 Å². The number of benzene rings is 1. The first-order chi connectivity index (χ1) is 7.33. The van der Waals surface area contributed by atoms with Gasteiger partial charge >= 0.3 is 0 Å². The van der Waals surface area contributed by atoms with Gasteiger partial charge in [-0.2, -0.15) is 0 Å². The van der Waals surface area contributed by atoms with Crippen molar-refractivity contribution in [3.63, 3.8) is 0 Å². The lowest BCUT2D eigenvalue weighted by Gasteiger charge is -1.98. The first kappa shape index (κ1) is 10.0. The van der Waals surface area contributed by atoms with Gasteiger partial charge in [-0.3, -0.25) is 4.79 Å². The van der Waals surface area contributed by atoms with Crippen molar-refractivity contribution in [3.05, 3.63) is 46.2 Å². The summed E-state index contributed by atoms with van der Waals surface area (Å²) in [5.41, 5.74) is 1.68. The van der Waals surface area contributed by atoms with Crippen molar-refractivity contribution < 1.29 is 0 Å². The molecule has 0 saturated heterocycles. The standard InChI is InChI=1S/C12H8BrNO/c13-7-2-4-9-3-1-5-10-11(15)6-8-14-12(9)10/h1,3,5-6,8H,7H2,(H,14,15). The molecule has 0 atom stereocenters. The predicted molar refractivity (Wildman–Crippen MR) is 65.2 cm³/mol. The Balaban J connectivity index is 2.77. The monoisotopic (exact) mass is 261 g/mol. The lowest BCUT2D eigenvalue weighted by atomic mass is 10.1. The molecular weight excluding hydrogens is 254 g/mol. The molecule has 74 valence electrons. The third-order valence-corrected chi connectivity index (χ3v) is 2.36. The minimum absolute atomic E-state index is 0.0197. The highest BCUT2D eigenvalue weighted by atomic mass is 79.9. The molecule has 0 aliphatic rings. The maximum Gasteiger partial charge on any atom is 0.189 e. The number of pyridine rings is 1. The van der Waals surface area contributed by atoms with Crippen molar-refractivity contribution >= 4 is 26.8 Å². The van der Waals surface area contributed by atoms with E-state index < -0.39 is 0 Å². The molecule has 0 aliphatic carbocycles. The van der Waals surface area contributed by atoms with E-state index in [1.807, 2.05) is 12.1 Å². The molecule has 2 nitrogen and oxygen atoms in total. The summed E-state index contributed by atoms with van der Waals surface area (Å²) < 4.78 is 0. The molecule has 15 heavy (non-hydrogen) atoms. The van der Waals surface area contributed by atoms with Crippen LogP contribution >= 0.6 is 15.9 Å². The van der Waals surface area contributed by atoms with E-state index in [0.717, 1.165) is 11.1 Å². The van der Waals surface area contributed by atoms with Crippen molar-refractivity contribution in [1.29, 1.82) is 0 Å². The topological polar surface area (TPSA) is 32.9 Å². The number of H-pyrrole nitrogens is 1. The average molecular weight is 262 g/mol. The second-order valence-electron chi connectivity index (χ2n) is 3.01. The molecule has 3 heteroatoms. The highest BCUT2D eigenvalue weighted by Gasteiger charge is 2.00. The number of nitrogens with one attached hydrogen (secondary N) is 1. The minimum atomic E-state index is 0.0197.